The summed E-state index contributed by atoms with van der Waals surface area (Å²) in [5.41, 5.74) is 0. The largest absolute Gasteiger partial charge is 0.462 e. The topological polar surface area (TPSA) is 78.9 Å². The van der Waals surface area contributed by atoms with Crippen LogP contribution in [0.5, 0.6) is 0 Å². The zero-order valence-electron chi connectivity index (χ0n) is 54.5. The van der Waals surface area contributed by atoms with E-state index in [1.807, 2.05) is 0 Å². The Balaban J connectivity index is 4.11. The minimum absolute atomic E-state index is 0.0802. The molecule has 0 aliphatic rings. The van der Waals surface area contributed by atoms with Crippen molar-refractivity contribution < 1.29 is 28.6 Å². The number of rotatable bonds is 65. The number of ether oxygens (including phenoxy) is 3. The number of unbranched alkanes of at least 4 members (excludes halogenated alkanes) is 40. The van der Waals surface area contributed by atoms with Gasteiger partial charge in [-0.25, -0.2) is 0 Å². The summed E-state index contributed by atoms with van der Waals surface area (Å²) in [4.78, 5) is 38.3. The standard InChI is InChI=1S/C76H134O6/c1-4-7-10-13-16-19-22-25-27-29-30-31-32-33-34-35-36-37-38-39-40-41-42-43-44-45-46-47-49-51-54-57-60-63-66-69-75(78)81-72-73(71-80-74(77)68-65-62-59-56-53-50-24-21-18-15-12-9-6-3)82-76(79)70-67-64-61-58-55-52-48-28-26-23-20-17-14-11-8-5-2/h7,10,16,19-21,23-25,27-28,30-31,48,73H,4-6,8-9,11-15,17-18,22,26,29,32-47,49-72H2,1-3H3/b10-7-,19-16-,23-20-,24-21-,27-25-,31-30-,48-28-. The van der Waals surface area contributed by atoms with E-state index in [4.69, 9.17) is 14.2 Å². The minimum Gasteiger partial charge on any atom is -0.462 e. The molecule has 0 aliphatic carbocycles. The van der Waals surface area contributed by atoms with Crippen LogP contribution in [0.3, 0.4) is 0 Å². The first kappa shape index (κ1) is 78.6. The maximum absolute atomic E-state index is 12.9. The predicted molar refractivity (Wildman–Crippen MR) is 358 cm³/mol. The van der Waals surface area contributed by atoms with Crippen molar-refractivity contribution in [3.63, 3.8) is 0 Å². The normalized spacial score (nSPS) is 12.6. The summed E-state index contributed by atoms with van der Waals surface area (Å²) in [7, 11) is 0. The smallest absolute Gasteiger partial charge is 0.306 e. The minimum atomic E-state index is -0.785. The van der Waals surface area contributed by atoms with Gasteiger partial charge in [0.2, 0.25) is 0 Å². The molecule has 0 fully saturated rings. The van der Waals surface area contributed by atoms with Crippen LogP contribution in [0.1, 0.15) is 361 Å². The van der Waals surface area contributed by atoms with Gasteiger partial charge in [-0.3, -0.25) is 14.4 Å². The van der Waals surface area contributed by atoms with Crippen LogP contribution in [0.4, 0.5) is 0 Å². The number of hydrogen-bond donors (Lipinski definition) is 0. The lowest BCUT2D eigenvalue weighted by atomic mass is 10.0. The monoisotopic (exact) mass is 1140 g/mol. The van der Waals surface area contributed by atoms with Gasteiger partial charge in [-0.2, -0.15) is 0 Å². The first-order valence-corrected chi connectivity index (χ1v) is 35.6. The fraction of sp³-hybridized carbons (Fsp3) is 0.776. The quantitative estimate of drug-likeness (QED) is 0.0261. The molecule has 0 aliphatic heterocycles. The van der Waals surface area contributed by atoms with Crippen molar-refractivity contribution in [3.8, 4) is 0 Å². The molecule has 0 aromatic heterocycles. The molecule has 0 spiro atoms. The van der Waals surface area contributed by atoms with Crippen molar-refractivity contribution in [2.45, 2.75) is 367 Å². The summed E-state index contributed by atoms with van der Waals surface area (Å²) in [5.74, 6) is -0.885. The van der Waals surface area contributed by atoms with Gasteiger partial charge in [0.05, 0.1) is 0 Å². The van der Waals surface area contributed by atoms with Crippen molar-refractivity contribution in [1.82, 2.24) is 0 Å². The van der Waals surface area contributed by atoms with E-state index in [9.17, 15) is 14.4 Å². The number of esters is 3. The first-order valence-electron chi connectivity index (χ1n) is 35.6. The molecule has 82 heavy (non-hydrogen) atoms. The van der Waals surface area contributed by atoms with Crippen molar-refractivity contribution >= 4 is 17.9 Å². The van der Waals surface area contributed by atoms with Crippen LogP contribution < -0.4 is 0 Å². The summed E-state index contributed by atoms with van der Waals surface area (Å²) in [6.45, 7) is 6.52. The molecule has 6 heteroatoms. The van der Waals surface area contributed by atoms with E-state index in [0.29, 0.717) is 19.3 Å². The summed E-state index contributed by atoms with van der Waals surface area (Å²) < 4.78 is 16.9. The average Bonchev–Trinajstić information content (AvgIpc) is 3.47. The Morgan fingerprint density at radius 2 is 0.476 bits per heavy atom. The molecule has 0 N–H and O–H groups in total. The third-order valence-electron chi connectivity index (χ3n) is 15.6. The van der Waals surface area contributed by atoms with Gasteiger partial charge in [0.1, 0.15) is 13.2 Å². The molecule has 0 heterocycles. The Kier molecular flexibility index (Phi) is 67.2. The number of allylic oxidation sites excluding steroid dienone is 14. The highest BCUT2D eigenvalue weighted by atomic mass is 16.6. The van der Waals surface area contributed by atoms with Gasteiger partial charge in [0.25, 0.3) is 0 Å². The summed E-state index contributed by atoms with van der Waals surface area (Å²) in [6, 6.07) is 0. The van der Waals surface area contributed by atoms with Crippen LogP contribution in [0.25, 0.3) is 0 Å². The third-order valence-corrected chi connectivity index (χ3v) is 15.6. The zero-order chi connectivity index (χ0) is 59.2. The van der Waals surface area contributed by atoms with Gasteiger partial charge >= 0.3 is 17.9 Å². The fourth-order valence-electron chi connectivity index (χ4n) is 10.3. The van der Waals surface area contributed by atoms with Crippen LogP contribution in [0.2, 0.25) is 0 Å². The molecule has 0 rings (SSSR count). The molecule has 0 amide bonds. The maximum atomic E-state index is 12.9. The van der Waals surface area contributed by atoms with E-state index in [0.717, 1.165) is 116 Å². The molecular weight excluding hydrogens is 1010 g/mol. The van der Waals surface area contributed by atoms with Crippen molar-refractivity contribution in [2.75, 3.05) is 13.2 Å². The second-order valence-corrected chi connectivity index (χ2v) is 23.8. The molecule has 0 radical (unpaired) electrons. The van der Waals surface area contributed by atoms with Crippen molar-refractivity contribution in [1.29, 1.82) is 0 Å². The van der Waals surface area contributed by atoms with Crippen LogP contribution in [0.15, 0.2) is 85.1 Å². The van der Waals surface area contributed by atoms with E-state index in [1.54, 1.807) is 0 Å². The van der Waals surface area contributed by atoms with Crippen molar-refractivity contribution in [2.24, 2.45) is 0 Å². The number of carbonyl (C=O) groups is 3. The Hall–Kier alpha value is -3.41. The Morgan fingerprint density at radius 1 is 0.256 bits per heavy atom. The van der Waals surface area contributed by atoms with E-state index in [1.165, 1.54) is 205 Å². The molecule has 0 bridgehead atoms. The average molecular weight is 1140 g/mol. The number of hydrogen-bond acceptors (Lipinski definition) is 6. The highest BCUT2D eigenvalue weighted by Crippen LogP contribution is 2.18. The molecule has 0 aromatic rings. The second kappa shape index (κ2) is 70.1. The summed E-state index contributed by atoms with van der Waals surface area (Å²) >= 11 is 0. The lowest BCUT2D eigenvalue weighted by molar-refractivity contribution is -0.167. The van der Waals surface area contributed by atoms with Gasteiger partial charge in [-0.05, 0) is 116 Å². The molecule has 6 nitrogen and oxygen atoms in total. The van der Waals surface area contributed by atoms with Gasteiger partial charge in [0, 0.05) is 19.3 Å². The summed E-state index contributed by atoms with van der Waals surface area (Å²) in [5, 5.41) is 0. The number of carbonyl (C=O) groups excluding carboxylic acids is 3. The zero-order valence-corrected chi connectivity index (χ0v) is 54.5. The van der Waals surface area contributed by atoms with E-state index in [2.05, 4.69) is 106 Å². The predicted octanol–water partition coefficient (Wildman–Crippen LogP) is 24.6. The van der Waals surface area contributed by atoms with E-state index >= 15 is 0 Å². The molecule has 0 saturated heterocycles. The molecular formula is C76H134O6. The van der Waals surface area contributed by atoms with Crippen LogP contribution >= 0.6 is 0 Å². The Labute approximate surface area is 509 Å². The first-order chi connectivity index (χ1) is 40.5. The Morgan fingerprint density at radius 3 is 0.756 bits per heavy atom. The molecule has 0 aromatic carbocycles. The van der Waals surface area contributed by atoms with E-state index in [-0.39, 0.29) is 31.1 Å². The molecule has 0 saturated carbocycles. The SMILES string of the molecule is CC/C=C\C/C=C\C/C=C\C/C=C\CCCCCCCCCCCCCCCCCCCCCCCCC(=O)OCC(COC(=O)CCCCCCC/C=C\CCCCCC)OC(=O)CCCCCCC/C=C\C/C=C\CCCCCC. The maximum Gasteiger partial charge on any atom is 0.306 e. The third kappa shape index (κ3) is 67.4. The molecule has 474 valence electrons. The van der Waals surface area contributed by atoms with Gasteiger partial charge < -0.3 is 14.2 Å². The second-order valence-electron chi connectivity index (χ2n) is 23.8. The van der Waals surface area contributed by atoms with Gasteiger partial charge in [-0.15, -0.1) is 0 Å². The van der Waals surface area contributed by atoms with Crippen LogP contribution in [-0.2, 0) is 28.6 Å². The van der Waals surface area contributed by atoms with Crippen LogP contribution in [0, 0.1) is 0 Å². The van der Waals surface area contributed by atoms with Crippen molar-refractivity contribution in [3.05, 3.63) is 85.1 Å². The highest BCUT2D eigenvalue weighted by Gasteiger charge is 2.19. The molecule has 1 unspecified atom stereocenters. The summed E-state index contributed by atoms with van der Waals surface area (Å²) in [6.07, 6.45) is 93.4. The van der Waals surface area contributed by atoms with Gasteiger partial charge in [-0.1, -0.05) is 311 Å². The lowest BCUT2D eigenvalue weighted by Gasteiger charge is -2.18. The lowest BCUT2D eigenvalue weighted by Crippen LogP contribution is -2.30. The van der Waals surface area contributed by atoms with Crippen LogP contribution in [-0.4, -0.2) is 37.2 Å². The molecule has 1 atom stereocenters. The fourth-order valence-corrected chi connectivity index (χ4v) is 10.3. The van der Waals surface area contributed by atoms with E-state index < -0.39 is 6.10 Å². The van der Waals surface area contributed by atoms with Gasteiger partial charge in [0.15, 0.2) is 6.10 Å². The Bertz CT molecular complexity index is 1550. The highest BCUT2D eigenvalue weighted by molar-refractivity contribution is 5.71.